The Labute approximate surface area is 110 Å². The topological polar surface area (TPSA) is 85.1 Å². The van der Waals surface area contributed by atoms with E-state index in [1.54, 1.807) is 10.9 Å². The number of nitrogens with zero attached hydrogens (tertiary/aromatic N) is 4. The normalized spacial score (nSPS) is 19.1. The van der Waals surface area contributed by atoms with E-state index in [4.69, 9.17) is 9.84 Å². The van der Waals surface area contributed by atoms with Gasteiger partial charge in [-0.15, -0.1) is 0 Å². The van der Waals surface area contributed by atoms with E-state index in [2.05, 4.69) is 20.4 Å². The molecule has 3 rings (SSSR count). The number of ether oxygens (including phenoxy) is 1. The highest BCUT2D eigenvalue weighted by Crippen LogP contribution is 2.20. The number of rotatable bonds is 5. The minimum absolute atomic E-state index is 0.0446. The van der Waals surface area contributed by atoms with Crippen molar-refractivity contribution in [3.8, 4) is 0 Å². The van der Waals surface area contributed by atoms with Gasteiger partial charge in [0, 0.05) is 19.1 Å². The summed E-state index contributed by atoms with van der Waals surface area (Å²) in [5, 5.41) is 17.4. The Balaban J connectivity index is 1.78. The van der Waals surface area contributed by atoms with Crippen molar-refractivity contribution in [2.24, 2.45) is 5.92 Å². The van der Waals surface area contributed by atoms with Gasteiger partial charge in [0.15, 0.2) is 5.65 Å². The molecule has 1 saturated heterocycles. The molecule has 2 aromatic rings. The Morgan fingerprint density at radius 2 is 2.42 bits per heavy atom. The second-order valence-electron chi connectivity index (χ2n) is 4.66. The molecule has 0 saturated carbocycles. The molecule has 2 N–H and O–H groups in total. The molecule has 0 bridgehead atoms. The van der Waals surface area contributed by atoms with E-state index in [-0.39, 0.29) is 6.61 Å². The lowest BCUT2D eigenvalue weighted by Gasteiger charge is -2.10. The van der Waals surface area contributed by atoms with Crippen LogP contribution in [0.3, 0.4) is 0 Å². The summed E-state index contributed by atoms with van der Waals surface area (Å²) in [6.45, 7) is 2.99. The maximum absolute atomic E-state index is 8.98. The van der Waals surface area contributed by atoms with Gasteiger partial charge in [0.2, 0.25) is 0 Å². The molecular formula is C12H17N5O2. The van der Waals surface area contributed by atoms with Crippen molar-refractivity contribution in [3.63, 3.8) is 0 Å². The van der Waals surface area contributed by atoms with Gasteiger partial charge in [-0.25, -0.2) is 14.6 Å². The standard InChI is InChI=1S/C12H17N5O2/c18-3-2-17-12-10(6-16-17)11(14-8-15-12)13-5-9-1-4-19-7-9/h6,8-9,18H,1-5,7H2,(H,13,14,15). The van der Waals surface area contributed by atoms with Crippen molar-refractivity contribution in [2.75, 3.05) is 31.7 Å². The van der Waals surface area contributed by atoms with Crippen LogP contribution in [0.4, 0.5) is 5.82 Å². The number of aliphatic hydroxyl groups is 1. The Morgan fingerprint density at radius 1 is 1.47 bits per heavy atom. The minimum Gasteiger partial charge on any atom is -0.394 e. The van der Waals surface area contributed by atoms with Gasteiger partial charge in [-0.1, -0.05) is 0 Å². The molecule has 1 aliphatic rings. The number of aliphatic hydroxyl groups excluding tert-OH is 1. The molecule has 0 aliphatic carbocycles. The number of anilines is 1. The summed E-state index contributed by atoms with van der Waals surface area (Å²) in [6.07, 6.45) is 4.34. The summed E-state index contributed by atoms with van der Waals surface area (Å²) in [4.78, 5) is 8.48. The Morgan fingerprint density at radius 3 is 3.21 bits per heavy atom. The molecular weight excluding hydrogens is 246 g/mol. The first-order chi connectivity index (χ1) is 9.38. The van der Waals surface area contributed by atoms with Gasteiger partial charge in [0.05, 0.1) is 31.3 Å². The van der Waals surface area contributed by atoms with E-state index in [1.165, 1.54) is 6.33 Å². The third-order valence-electron chi connectivity index (χ3n) is 3.33. The largest absolute Gasteiger partial charge is 0.394 e. The van der Waals surface area contributed by atoms with Gasteiger partial charge in [0.25, 0.3) is 0 Å². The van der Waals surface area contributed by atoms with Crippen LogP contribution in [0.25, 0.3) is 11.0 Å². The van der Waals surface area contributed by atoms with Gasteiger partial charge in [0.1, 0.15) is 12.1 Å². The zero-order valence-electron chi connectivity index (χ0n) is 10.6. The Hall–Kier alpha value is -1.73. The highest BCUT2D eigenvalue weighted by Gasteiger charge is 2.16. The van der Waals surface area contributed by atoms with Crippen LogP contribution in [0.5, 0.6) is 0 Å². The fraction of sp³-hybridized carbons (Fsp3) is 0.583. The van der Waals surface area contributed by atoms with Crippen LogP contribution in [-0.4, -0.2) is 51.2 Å². The Bertz CT molecular complexity index is 550. The molecule has 3 heterocycles. The van der Waals surface area contributed by atoms with Crippen molar-refractivity contribution >= 4 is 16.9 Å². The van der Waals surface area contributed by atoms with Gasteiger partial charge in [-0.3, -0.25) is 0 Å². The summed E-state index contributed by atoms with van der Waals surface area (Å²) in [7, 11) is 0. The van der Waals surface area contributed by atoms with Crippen LogP contribution >= 0.6 is 0 Å². The molecule has 2 aromatic heterocycles. The van der Waals surface area contributed by atoms with Crippen LogP contribution < -0.4 is 5.32 Å². The number of nitrogens with one attached hydrogen (secondary N) is 1. The zero-order valence-corrected chi connectivity index (χ0v) is 10.6. The first-order valence-electron chi connectivity index (χ1n) is 6.47. The van der Waals surface area contributed by atoms with Crippen molar-refractivity contribution in [3.05, 3.63) is 12.5 Å². The number of hydrogen-bond acceptors (Lipinski definition) is 6. The average Bonchev–Trinajstić information content (AvgIpc) is 3.07. The zero-order chi connectivity index (χ0) is 13.1. The summed E-state index contributed by atoms with van der Waals surface area (Å²) in [6, 6.07) is 0. The summed E-state index contributed by atoms with van der Waals surface area (Å²) < 4.78 is 7.03. The first kappa shape index (κ1) is 12.3. The molecule has 1 fully saturated rings. The van der Waals surface area contributed by atoms with E-state index in [0.717, 1.165) is 43.0 Å². The fourth-order valence-corrected chi connectivity index (χ4v) is 2.28. The number of fused-ring (bicyclic) bond motifs is 1. The predicted octanol–water partition coefficient (Wildman–Crippen LogP) is 0.267. The molecule has 1 atom stereocenters. The fourth-order valence-electron chi connectivity index (χ4n) is 2.28. The van der Waals surface area contributed by atoms with E-state index in [9.17, 15) is 0 Å². The molecule has 102 valence electrons. The Kier molecular flexibility index (Phi) is 3.56. The lowest BCUT2D eigenvalue weighted by atomic mass is 10.1. The summed E-state index contributed by atoms with van der Waals surface area (Å²) in [5.41, 5.74) is 0.745. The van der Waals surface area contributed by atoms with E-state index >= 15 is 0 Å². The maximum atomic E-state index is 8.98. The lowest BCUT2D eigenvalue weighted by Crippen LogP contribution is -2.15. The summed E-state index contributed by atoms with van der Waals surface area (Å²) >= 11 is 0. The van der Waals surface area contributed by atoms with Crippen molar-refractivity contribution in [1.82, 2.24) is 19.7 Å². The molecule has 7 heteroatoms. The van der Waals surface area contributed by atoms with Crippen molar-refractivity contribution < 1.29 is 9.84 Å². The SMILES string of the molecule is OCCn1ncc2c(NCC3CCOC3)ncnc21. The van der Waals surface area contributed by atoms with E-state index < -0.39 is 0 Å². The van der Waals surface area contributed by atoms with Gasteiger partial charge >= 0.3 is 0 Å². The van der Waals surface area contributed by atoms with Crippen LogP contribution in [-0.2, 0) is 11.3 Å². The average molecular weight is 263 g/mol. The third kappa shape index (κ3) is 2.52. The van der Waals surface area contributed by atoms with Crippen LogP contribution in [0.1, 0.15) is 6.42 Å². The molecule has 1 aliphatic heterocycles. The third-order valence-corrected chi connectivity index (χ3v) is 3.33. The number of aromatic nitrogens is 4. The first-order valence-corrected chi connectivity index (χ1v) is 6.47. The van der Waals surface area contributed by atoms with Gasteiger partial charge < -0.3 is 15.2 Å². The molecule has 19 heavy (non-hydrogen) atoms. The minimum atomic E-state index is 0.0446. The second kappa shape index (κ2) is 5.50. The molecule has 0 spiro atoms. The summed E-state index contributed by atoms with van der Waals surface area (Å²) in [5.74, 6) is 1.33. The number of hydrogen-bond donors (Lipinski definition) is 2. The van der Waals surface area contributed by atoms with Crippen molar-refractivity contribution in [2.45, 2.75) is 13.0 Å². The maximum Gasteiger partial charge on any atom is 0.163 e. The lowest BCUT2D eigenvalue weighted by molar-refractivity contribution is 0.187. The molecule has 0 radical (unpaired) electrons. The van der Waals surface area contributed by atoms with Crippen LogP contribution in [0.2, 0.25) is 0 Å². The van der Waals surface area contributed by atoms with Gasteiger partial charge in [-0.2, -0.15) is 5.10 Å². The van der Waals surface area contributed by atoms with Crippen LogP contribution in [0.15, 0.2) is 12.5 Å². The van der Waals surface area contributed by atoms with Gasteiger partial charge in [-0.05, 0) is 6.42 Å². The smallest absolute Gasteiger partial charge is 0.163 e. The molecule has 7 nitrogen and oxygen atoms in total. The quantitative estimate of drug-likeness (QED) is 0.805. The highest BCUT2D eigenvalue weighted by atomic mass is 16.5. The van der Waals surface area contributed by atoms with Crippen molar-refractivity contribution in [1.29, 1.82) is 0 Å². The van der Waals surface area contributed by atoms with E-state index in [0.29, 0.717) is 12.5 Å². The van der Waals surface area contributed by atoms with E-state index in [1.807, 2.05) is 0 Å². The second-order valence-corrected chi connectivity index (χ2v) is 4.66. The molecule has 1 unspecified atom stereocenters. The highest BCUT2D eigenvalue weighted by molar-refractivity contribution is 5.85. The monoisotopic (exact) mass is 263 g/mol. The van der Waals surface area contributed by atoms with Crippen LogP contribution in [0, 0.1) is 5.92 Å². The molecule has 0 amide bonds. The predicted molar refractivity (Wildman–Crippen MR) is 69.8 cm³/mol. The molecule has 0 aromatic carbocycles.